The van der Waals surface area contributed by atoms with E-state index in [4.69, 9.17) is 0 Å². The molecule has 0 spiro atoms. The molecule has 1 N–H and O–H groups in total. The number of rotatable bonds is 5. The van der Waals surface area contributed by atoms with Gasteiger partial charge in [0.25, 0.3) is 10.0 Å². The summed E-state index contributed by atoms with van der Waals surface area (Å²) in [5.41, 5.74) is 2.38. The van der Waals surface area contributed by atoms with Gasteiger partial charge in [-0.1, -0.05) is 18.2 Å². The molecule has 2 aromatic rings. The number of thioether (sulfide) groups is 1. The Labute approximate surface area is 145 Å². The van der Waals surface area contributed by atoms with Gasteiger partial charge in [0.2, 0.25) is 0 Å². The summed E-state index contributed by atoms with van der Waals surface area (Å²) in [4.78, 5) is 4.52. The number of nitrogens with one attached hydrogen (secondary N) is 1. The molecule has 0 atom stereocenters. The topological polar surface area (TPSA) is 76.3 Å². The predicted octanol–water partition coefficient (Wildman–Crippen LogP) is 2.69. The lowest BCUT2D eigenvalue weighted by atomic mass is 10.1. The van der Waals surface area contributed by atoms with E-state index in [2.05, 4.69) is 14.8 Å². The fourth-order valence-corrected chi connectivity index (χ4v) is 4.14. The minimum atomic E-state index is -3.65. The molecule has 1 aliphatic heterocycles. The van der Waals surface area contributed by atoms with Crippen LogP contribution in [0.15, 0.2) is 46.6 Å². The second-order valence-electron chi connectivity index (χ2n) is 5.38. The van der Waals surface area contributed by atoms with Crippen LogP contribution in [0.1, 0.15) is 11.1 Å². The standard InChI is InChI=1S/C16H18N4O2S2/c1-12-13(6-7-16-17-8-9-23-16)4-3-5-15(12)19-24(21,22)14-10-18-20(2)11-14/h3-7,10-11,19H,8-9H2,1-2H3/b7-6+. The van der Waals surface area contributed by atoms with Crippen molar-refractivity contribution >= 4 is 38.6 Å². The Balaban J connectivity index is 1.85. The molecule has 0 saturated carbocycles. The molecule has 1 aliphatic rings. The minimum Gasteiger partial charge on any atom is -0.279 e. The fraction of sp³-hybridized carbons (Fsp3) is 0.250. The first-order valence-corrected chi connectivity index (χ1v) is 9.89. The highest BCUT2D eigenvalue weighted by atomic mass is 32.2. The molecule has 3 rings (SSSR count). The van der Waals surface area contributed by atoms with Crippen LogP contribution in [0.25, 0.3) is 6.08 Å². The van der Waals surface area contributed by atoms with Crippen LogP contribution in [0.3, 0.4) is 0 Å². The van der Waals surface area contributed by atoms with Crippen LogP contribution in [-0.2, 0) is 17.1 Å². The second-order valence-corrected chi connectivity index (χ2v) is 8.17. The van der Waals surface area contributed by atoms with Gasteiger partial charge in [-0.3, -0.25) is 14.4 Å². The molecule has 0 fully saturated rings. The van der Waals surface area contributed by atoms with Crippen molar-refractivity contribution in [2.24, 2.45) is 12.0 Å². The Kier molecular flexibility index (Phi) is 4.77. The maximum Gasteiger partial charge on any atom is 0.265 e. The Bertz CT molecular complexity index is 914. The van der Waals surface area contributed by atoms with Crippen molar-refractivity contribution in [3.8, 4) is 0 Å². The highest BCUT2D eigenvalue weighted by Gasteiger charge is 2.17. The van der Waals surface area contributed by atoms with Gasteiger partial charge in [0, 0.05) is 25.5 Å². The third kappa shape index (κ3) is 3.70. The number of aliphatic imine (C=N–C) groups is 1. The van der Waals surface area contributed by atoms with Crippen molar-refractivity contribution in [1.82, 2.24) is 9.78 Å². The molecule has 8 heteroatoms. The van der Waals surface area contributed by atoms with Gasteiger partial charge in [0.05, 0.1) is 16.9 Å². The lowest BCUT2D eigenvalue weighted by Gasteiger charge is -2.11. The highest BCUT2D eigenvalue weighted by Crippen LogP contribution is 2.24. The summed E-state index contributed by atoms with van der Waals surface area (Å²) in [6, 6.07) is 5.54. The lowest BCUT2D eigenvalue weighted by molar-refractivity contribution is 0.601. The van der Waals surface area contributed by atoms with Crippen molar-refractivity contribution in [2.75, 3.05) is 17.0 Å². The molecule has 126 valence electrons. The number of aromatic nitrogens is 2. The van der Waals surface area contributed by atoms with Crippen LogP contribution in [0.5, 0.6) is 0 Å². The summed E-state index contributed by atoms with van der Waals surface area (Å²) < 4.78 is 29.0. The number of hydrogen-bond acceptors (Lipinski definition) is 5. The average Bonchev–Trinajstić information content (AvgIpc) is 3.19. The van der Waals surface area contributed by atoms with E-state index >= 15 is 0 Å². The molecular formula is C16H18N4O2S2. The molecule has 1 aromatic carbocycles. The van der Waals surface area contributed by atoms with Crippen molar-refractivity contribution in [3.05, 3.63) is 47.8 Å². The van der Waals surface area contributed by atoms with Crippen LogP contribution in [0.4, 0.5) is 5.69 Å². The highest BCUT2D eigenvalue weighted by molar-refractivity contribution is 8.14. The normalized spacial score (nSPS) is 15.0. The molecule has 24 heavy (non-hydrogen) atoms. The van der Waals surface area contributed by atoms with E-state index in [1.165, 1.54) is 17.1 Å². The lowest BCUT2D eigenvalue weighted by Crippen LogP contribution is -2.13. The Hall–Kier alpha value is -2.06. The number of sulfonamides is 1. The molecular weight excluding hydrogens is 344 g/mol. The Morgan fingerprint density at radius 2 is 2.17 bits per heavy atom. The number of hydrogen-bond donors (Lipinski definition) is 1. The van der Waals surface area contributed by atoms with Gasteiger partial charge in [-0.05, 0) is 30.2 Å². The maximum absolute atomic E-state index is 12.4. The molecule has 0 unspecified atom stereocenters. The number of benzene rings is 1. The van der Waals surface area contributed by atoms with Gasteiger partial charge in [-0.2, -0.15) is 5.10 Å². The predicted molar refractivity (Wildman–Crippen MR) is 99.0 cm³/mol. The molecule has 2 heterocycles. The Morgan fingerprint density at radius 3 is 2.83 bits per heavy atom. The van der Waals surface area contributed by atoms with E-state index in [0.717, 1.165) is 28.5 Å². The minimum absolute atomic E-state index is 0.141. The average molecular weight is 362 g/mol. The van der Waals surface area contributed by atoms with Crippen LogP contribution >= 0.6 is 11.8 Å². The van der Waals surface area contributed by atoms with E-state index in [0.29, 0.717) is 5.69 Å². The summed E-state index contributed by atoms with van der Waals surface area (Å²) >= 11 is 1.72. The zero-order valence-corrected chi connectivity index (χ0v) is 15.1. The van der Waals surface area contributed by atoms with Crippen molar-refractivity contribution in [2.45, 2.75) is 11.8 Å². The van der Waals surface area contributed by atoms with E-state index < -0.39 is 10.0 Å². The summed E-state index contributed by atoms with van der Waals surface area (Å²) in [6.45, 7) is 2.75. The van der Waals surface area contributed by atoms with E-state index in [9.17, 15) is 8.42 Å². The first kappa shape index (κ1) is 16.8. The molecule has 0 radical (unpaired) electrons. The van der Waals surface area contributed by atoms with Crippen LogP contribution < -0.4 is 4.72 Å². The summed E-state index contributed by atoms with van der Waals surface area (Å²) in [7, 11) is -1.97. The van der Waals surface area contributed by atoms with Gasteiger partial charge in [-0.25, -0.2) is 8.42 Å². The van der Waals surface area contributed by atoms with Gasteiger partial charge < -0.3 is 0 Å². The van der Waals surface area contributed by atoms with Gasteiger partial charge in [-0.15, -0.1) is 11.8 Å². The molecule has 6 nitrogen and oxygen atoms in total. The fourth-order valence-electron chi connectivity index (χ4n) is 2.30. The molecule has 1 aromatic heterocycles. The zero-order valence-electron chi connectivity index (χ0n) is 13.4. The number of nitrogens with zero attached hydrogens (tertiary/aromatic N) is 3. The monoisotopic (exact) mass is 362 g/mol. The molecule has 0 saturated heterocycles. The first-order valence-electron chi connectivity index (χ1n) is 7.42. The quantitative estimate of drug-likeness (QED) is 0.887. The molecule has 0 amide bonds. The van der Waals surface area contributed by atoms with Gasteiger partial charge in [0.15, 0.2) is 0 Å². The van der Waals surface area contributed by atoms with Crippen LogP contribution in [0, 0.1) is 6.92 Å². The smallest absolute Gasteiger partial charge is 0.265 e. The third-order valence-electron chi connectivity index (χ3n) is 3.63. The zero-order chi connectivity index (χ0) is 17.2. The third-order valence-corrected chi connectivity index (χ3v) is 5.89. The summed E-state index contributed by atoms with van der Waals surface area (Å²) in [5, 5.41) is 4.92. The number of anilines is 1. The van der Waals surface area contributed by atoms with E-state index in [-0.39, 0.29) is 4.90 Å². The second kappa shape index (κ2) is 6.82. The molecule has 0 bridgehead atoms. The Morgan fingerprint density at radius 1 is 1.33 bits per heavy atom. The molecule has 0 aliphatic carbocycles. The first-order chi connectivity index (χ1) is 11.5. The van der Waals surface area contributed by atoms with Gasteiger partial charge >= 0.3 is 0 Å². The maximum atomic E-state index is 12.4. The van der Waals surface area contributed by atoms with Crippen LogP contribution in [-0.4, -0.2) is 35.5 Å². The van der Waals surface area contributed by atoms with Crippen molar-refractivity contribution in [1.29, 1.82) is 0 Å². The largest absolute Gasteiger partial charge is 0.279 e. The summed E-state index contributed by atoms with van der Waals surface area (Å²) in [5.74, 6) is 1.02. The van der Waals surface area contributed by atoms with Crippen molar-refractivity contribution in [3.63, 3.8) is 0 Å². The van der Waals surface area contributed by atoms with Crippen molar-refractivity contribution < 1.29 is 8.42 Å². The van der Waals surface area contributed by atoms with E-state index in [1.807, 2.05) is 31.2 Å². The summed E-state index contributed by atoms with van der Waals surface area (Å²) in [6.07, 6.45) is 6.74. The van der Waals surface area contributed by atoms with Gasteiger partial charge in [0.1, 0.15) is 4.90 Å². The SMILES string of the molecule is Cc1c(/C=C/C2=NCCS2)cccc1NS(=O)(=O)c1cnn(C)c1. The van der Waals surface area contributed by atoms with E-state index in [1.54, 1.807) is 24.9 Å². The van der Waals surface area contributed by atoms with Crippen LogP contribution in [0.2, 0.25) is 0 Å². The number of aryl methyl sites for hydroxylation is 1.